The Morgan fingerprint density at radius 1 is 1.12 bits per heavy atom. The fourth-order valence-corrected chi connectivity index (χ4v) is 3.89. The second-order valence-electron chi connectivity index (χ2n) is 5.49. The van der Waals surface area contributed by atoms with Crippen LogP contribution in [0.3, 0.4) is 0 Å². The maximum atomic E-state index is 12.0. The van der Waals surface area contributed by atoms with E-state index >= 15 is 0 Å². The van der Waals surface area contributed by atoms with E-state index in [9.17, 15) is 14.9 Å². The Hall–Kier alpha value is -2.44. The molecule has 0 N–H and O–H groups in total. The lowest BCUT2D eigenvalue weighted by atomic mass is 10.1. The van der Waals surface area contributed by atoms with E-state index in [1.807, 2.05) is 30.3 Å². The first-order valence-corrected chi connectivity index (χ1v) is 10.1. The van der Waals surface area contributed by atoms with Crippen LogP contribution in [0.25, 0.3) is 6.08 Å². The van der Waals surface area contributed by atoms with Crippen molar-refractivity contribution in [3.05, 3.63) is 47.6 Å². The number of carbonyl (C=O) groups excluding carboxylic acids is 2. The lowest BCUT2D eigenvalue weighted by Crippen LogP contribution is -2.15. The van der Waals surface area contributed by atoms with E-state index in [1.165, 1.54) is 18.3 Å². The maximum absolute atomic E-state index is 12.0. The molecule has 0 unspecified atom stereocenters. The molecule has 1 aromatic carbocycles. The Bertz CT molecular complexity index is 712. The van der Waals surface area contributed by atoms with Gasteiger partial charge >= 0.3 is 11.9 Å². The summed E-state index contributed by atoms with van der Waals surface area (Å²) in [6.45, 7) is 9.14. The van der Waals surface area contributed by atoms with Crippen LogP contribution < -0.4 is 5.30 Å². The van der Waals surface area contributed by atoms with Gasteiger partial charge < -0.3 is 9.47 Å². The number of ether oxygens (including phenoxy) is 2. The zero-order valence-corrected chi connectivity index (χ0v) is 16.3. The summed E-state index contributed by atoms with van der Waals surface area (Å²) in [5.74, 6) is -1.29. The molecule has 0 aliphatic heterocycles. The van der Waals surface area contributed by atoms with Gasteiger partial charge in [0.05, 0.1) is 0 Å². The van der Waals surface area contributed by atoms with Gasteiger partial charge in [0.2, 0.25) is 0 Å². The van der Waals surface area contributed by atoms with E-state index in [0.717, 1.165) is 17.9 Å². The molecule has 0 aromatic heterocycles. The highest BCUT2D eigenvalue weighted by Gasteiger charge is 2.12. The molecule has 0 saturated carbocycles. The third kappa shape index (κ3) is 6.82. The van der Waals surface area contributed by atoms with E-state index in [2.05, 4.69) is 20.4 Å². The van der Waals surface area contributed by atoms with E-state index in [-0.39, 0.29) is 32.3 Å². The number of nitrogens with zero attached hydrogens (tertiary/aromatic N) is 1. The lowest BCUT2D eigenvalue weighted by molar-refractivity contribution is -0.147. The molecular weight excluding hydrogens is 349 g/mol. The standard InChI is InChI=1S/C20H24NO4P/c1-5-26(6-2)18-9-7-16(8-10-18)13-17(14-21)20(23)25-12-11-24-19(22)15(3)4/h7-10,13H,3,5-6,11-12H2,1-2,4H3. The number of rotatable bonds is 9. The van der Waals surface area contributed by atoms with Gasteiger partial charge in [-0.2, -0.15) is 5.26 Å². The van der Waals surface area contributed by atoms with Gasteiger partial charge in [0, 0.05) is 5.57 Å². The van der Waals surface area contributed by atoms with Crippen LogP contribution in [0.5, 0.6) is 0 Å². The van der Waals surface area contributed by atoms with E-state index in [0.29, 0.717) is 0 Å². The Morgan fingerprint density at radius 3 is 2.12 bits per heavy atom. The highest BCUT2D eigenvalue weighted by molar-refractivity contribution is 7.65. The third-order valence-electron chi connectivity index (χ3n) is 3.57. The highest BCUT2D eigenvalue weighted by Crippen LogP contribution is 2.32. The van der Waals surface area contributed by atoms with Crippen LogP contribution in [-0.4, -0.2) is 37.5 Å². The molecule has 1 aromatic rings. The van der Waals surface area contributed by atoms with E-state index in [1.54, 1.807) is 0 Å². The molecular formula is C20H24NO4P. The van der Waals surface area contributed by atoms with Crippen LogP contribution in [0.4, 0.5) is 0 Å². The first kappa shape index (κ1) is 21.6. The number of benzene rings is 1. The van der Waals surface area contributed by atoms with Crippen molar-refractivity contribution in [1.29, 1.82) is 5.26 Å². The van der Waals surface area contributed by atoms with Gasteiger partial charge in [-0.25, -0.2) is 9.59 Å². The molecule has 5 nitrogen and oxygen atoms in total. The molecule has 0 spiro atoms. The van der Waals surface area contributed by atoms with Crippen LogP contribution in [0, 0.1) is 11.3 Å². The number of hydrogen-bond donors (Lipinski definition) is 0. The van der Waals surface area contributed by atoms with Crippen LogP contribution in [0.2, 0.25) is 0 Å². The zero-order chi connectivity index (χ0) is 19.5. The van der Waals surface area contributed by atoms with Crippen molar-refractivity contribution in [2.75, 3.05) is 25.5 Å². The fourth-order valence-electron chi connectivity index (χ4n) is 2.14. The van der Waals surface area contributed by atoms with Crippen molar-refractivity contribution < 1.29 is 19.1 Å². The summed E-state index contributed by atoms with van der Waals surface area (Å²) in [5.41, 5.74) is 0.933. The highest BCUT2D eigenvalue weighted by atomic mass is 31.1. The molecule has 0 bridgehead atoms. The Labute approximate surface area is 156 Å². The quantitative estimate of drug-likeness (QED) is 0.218. The molecule has 0 atom stereocenters. The van der Waals surface area contributed by atoms with Crippen molar-refractivity contribution in [2.45, 2.75) is 20.8 Å². The van der Waals surface area contributed by atoms with Gasteiger partial charge in [-0.05, 0) is 36.2 Å². The van der Waals surface area contributed by atoms with Gasteiger partial charge in [-0.1, -0.05) is 52.6 Å². The molecule has 0 saturated heterocycles. The molecule has 0 aliphatic carbocycles. The molecule has 1 rings (SSSR count). The normalized spacial score (nSPS) is 11.0. The first-order chi connectivity index (χ1) is 12.4. The SMILES string of the molecule is C=C(C)C(=O)OCCOC(=O)C(C#N)=Cc1ccc(P(CC)CC)cc1. The molecule has 0 fully saturated rings. The van der Waals surface area contributed by atoms with Crippen molar-refractivity contribution in [1.82, 2.24) is 0 Å². The smallest absolute Gasteiger partial charge is 0.349 e. The molecule has 0 radical (unpaired) electrons. The predicted octanol–water partition coefficient (Wildman–Crippen LogP) is 3.40. The Kier molecular flexibility index (Phi) is 9.33. The van der Waals surface area contributed by atoms with Crippen LogP contribution in [-0.2, 0) is 19.1 Å². The summed E-state index contributed by atoms with van der Waals surface area (Å²) in [5, 5.41) is 10.5. The van der Waals surface area contributed by atoms with Crippen molar-refractivity contribution in [3.8, 4) is 6.07 Å². The minimum absolute atomic E-state index is 0.0809. The number of hydrogen-bond acceptors (Lipinski definition) is 5. The van der Waals surface area contributed by atoms with Gasteiger partial charge in [0.25, 0.3) is 0 Å². The summed E-state index contributed by atoms with van der Waals surface area (Å²) >= 11 is 0. The molecule has 0 aliphatic rings. The summed E-state index contributed by atoms with van der Waals surface area (Å²) in [7, 11) is -0.145. The van der Waals surface area contributed by atoms with Gasteiger partial charge in [0.1, 0.15) is 24.9 Å². The average Bonchev–Trinajstić information content (AvgIpc) is 2.64. The van der Waals surface area contributed by atoms with Crippen LogP contribution in [0.15, 0.2) is 42.0 Å². The van der Waals surface area contributed by atoms with Crippen molar-refractivity contribution >= 4 is 31.2 Å². The fraction of sp³-hybridized carbons (Fsp3) is 0.350. The van der Waals surface area contributed by atoms with Gasteiger partial charge in [-0.15, -0.1) is 0 Å². The largest absolute Gasteiger partial charge is 0.459 e. The summed E-state index contributed by atoms with van der Waals surface area (Å²) in [6, 6.07) is 9.73. The van der Waals surface area contributed by atoms with Gasteiger partial charge in [0.15, 0.2) is 0 Å². The Morgan fingerprint density at radius 2 is 1.65 bits per heavy atom. The lowest BCUT2D eigenvalue weighted by Gasteiger charge is -2.13. The minimum Gasteiger partial charge on any atom is -0.459 e. The maximum Gasteiger partial charge on any atom is 0.349 e. The molecule has 0 heterocycles. The molecule has 0 amide bonds. The van der Waals surface area contributed by atoms with E-state index < -0.39 is 11.9 Å². The van der Waals surface area contributed by atoms with Crippen LogP contribution >= 0.6 is 7.92 Å². The number of carbonyl (C=O) groups is 2. The summed E-state index contributed by atoms with van der Waals surface area (Å²) in [6.07, 6.45) is 3.76. The Balaban J connectivity index is 2.66. The minimum atomic E-state index is -0.743. The summed E-state index contributed by atoms with van der Waals surface area (Å²) < 4.78 is 9.79. The third-order valence-corrected chi connectivity index (χ3v) is 6.13. The van der Waals surface area contributed by atoms with Gasteiger partial charge in [-0.3, -0.25) is 0 Å². The monoisotopic (exact) mass is 373 g/mol. The predicted molar refractivity (Wildman–Crippen MR) is 104 cm³/mol. The number of nitriles is 1. The second kappa shape index (κ2) is 11.2. The molecule has 6 heteroatoms. The molecule has 26 heavy (non-hydrogen) atoms. The first-order valence-electron chi connectivity index (χ1n) is 8.39. The average molecular weight is 373 g/mol. The topological polar surface area (TPSA) is 76.4 Å². The van der Waals surface area contributed by atoms with E-state index in [4.69, 9.17) is 9.47 Å². The second-order valence-corrected chi connectivity index (χ2v) is 8.35. The summed E-state index contributed by atoms with van der Waals surface area (Å²) in [4.78, 5) is 23.2. The van der Waals surface area contributed by atoms with Crippen molar-refractivity contribution in [3.63, 3.8) is 0 Å². The van der Waals surface area contributed by atoms with Crippen LogP contribution in [0.1, 0.15) is 26.3 Å². The number of esters is 2. The molecule has 138 valence electrons. The zero-order valence-electron chi connectivity index (χ0n) is 15.4. The van der Waals surface area contributed by atoms with Crippen molar-refractivity contribution in [2.24, 2.45) is 0 Å².